The Balaban J connectivity index is 1.51. The molecule has 1 saturated heterocycles. The summed E-state index contributed by atoms with van der Waals surface area (Å²) in [5.74, 6) is 0.695. The van der Waals surface area contributed by atoms with Crippen LogP contribution in [0.1, 0.15) is 28.8 Å². The van der Waals surface area contributed by atoms with E-state index in [0.29, 0.717) is 12.0 Å². The molecule has 3 heterocycles. The van der Waals surface area contributed by atoms with E-state index in [1.807, 2.05) is 6.20 Å². The molecule has 1 aromatic heterocycles. The van der Waals surface area contributed by atoms with Gasteiger partial charge in [0.05, 0.1) is 5.69 Å². The van der Waals surface area contributed by atoms with Crippen molar-refractivity contribution in [1.29, 1.82) is 0 Å². The van der Waals surface area contributed by atoms with Crippen molar-refractivity contribution in [3.8, 4) is 0 Å². The van der Waals surface area contributed by atoms with Gasteiger partial charge in [-0.2, -0.15) is 0 Å². The number of anilines is 2. The Morgan fingerprint density at radius 3 is 2.74 bits per heavy atom. The predicted octanol–water partition coefficient (Wildman–Crippen LogP) is 2.51. The fourth-order valence-electron chi connectivity index (χ4n) is 3.62. The quantitative estimate of drug-likeness (QED) is 0.912. The van der Waals surface area contributed by atoms with Crippen molar-refractivity contribution < 1.29 is 0 Å². The van der Waals surface area contributed by atoms with E-state index in [0.717, 1.165) is 31.9 Å². The molecular weight excluding hydrogens is 286 g/mol. The molecule has 23 heavy (non-hydrogen) atoms. The van der Waals surface area contributed by atoms with Crippen molar-refractivity contribution in [2.24, 2.45) is 0 Å². The third-order valence-corrected chi connectivity index (χ3v) is 4.71. The molecule has 0 spiro atoms. The number of nitrogens with zero attached hydrogens (tertiary/aromatic N) is 3. The molecule has 1 unspecified atom stereocenters. The summed E-state index contributed by atoms with van der Waals surface area (Å²) in [6.07, 6.45) is 3.21. The van der Waals surface area contributed by atoms with Crippen LogP contribution in [0.2, 0.25) is 0 Å². The van der Waals surface area contributed by atoms with E-state index in [1.54, 1.807) is 0 Å². The zero-order valence-electron chi connectivity index (χ0n) is 13.8. The maximum Gasteiger partial charge on any atom is 0.227 e. The van der Waals surface area contributed by atoms with E-state index < -0.39 is 0 Å². The normalized spacial score (nSPS) is 20.7. The van der Waals surface area contributed by atoms with Crippen LogP contribution in [0.25, 0.3) is 0 Å². The van der Waals surface area contributed by atoms with Crippen molar-refractivity contribution in [2.75, 3.05) is 18.4 Å². The van der Waals surface area contributed by atoms with Crippen molar-refractivity contribution >= 4 is 11.6 Å². The molecule has 0 saturated carbocycles. The van der Waals surface area contributed by atoms with Crippen LogP contribution in [0, 0.1) is 13.8 Å². The number of fused-ring (bicyclic) bond motifs is 1. The Morgan fingerprint density at radius 2 is 2.00 bits per heavy atom. The van der Waals surface area contributed by atoms with Gasteiger partial charge in [0.1, 0.15) is 0 Å². The van der Waals surface area contributed by atoms with Gasteiger partial charge < -0.3 is 10.6 Å². The first-order valence-electron chi connectivity index (χ1n) is 8.32. The average molecular weight is 309 g/mol. The molecule has 0 radical (unpaired) electrons. The third-order valence-electron chi connectivity index (χ3n) is 4.71. The lowest BCUT2D eigenvalue weighted by Crippen LogP contribution is -2.32. The Bertz CT molecular complexity index is 701. The standard InChI is InChI=1S/C18H23N5/c1-12-5-13(2)7-15(6-12)21-18-20-8-14-10-23(11-17(14)22-18)16-3-4-19-9-16/h5-8,16,19H,3-4,9-11H2,1-2H3,(H,20,21,22). The molecule has 5 nitrogen and oxygen atoms in total. The molecule has 0 bridgehead atoms. The summed E-state index contributed by atoms with van der Waals surface area (Å²) in [7, 11) is 0. The lowest BCUT2D eigenvalue weighted by atomic mass is 10.1. The number of aryl methyl sites for hydroxylation is 2. The van der Waals surface area contributed by atoms with Gasteiger partial charge in [0.15, 0.2) is 0 Å². The van der Waals surface area contributed by atoms with Crippen molar-refractivity contribution in [3.63, 3.8) is 0 Å². The molecule has 4 rings (SSSR count). The number of rotatable bonds is 3. The van der Waals surface area contributed by atoms with Crippen LogP contribution in [-0.2, 0) is 13.1 Å². The summed E-state index contributed by atoms with van der Waals surface area (Å²) in [4.78, 5) is 11.8. The first-order valence-corrected chi connectivity index (χ1v) is 8.32. The van der Waals surface area contributed by atoms with Crippen molar-refractivity contribution in [2.45, 2.75) is 39.4 Å². The van der Waals surface area contributed by atoms with Crippen LogP contribution in [-0.4, -0.2) is 34.0 Å². The van der Waals surface area contributed by atoms with E-state index in [-0.39, 0.29) is 0 Å². The van der Waals surface area contributed by atoms with Gasteiger partial charge in [0.25, 0.3) is 0 Å². The summed E-state index contributed by atoms with van der Waals surface area (Å²) >= 11 is 0. The second kappa shape index (κ2) is 5.91. The molecule has 2 aliphatic heterocycles. The van der Waals surface area contributed by atoms with Crippen molar-refractivity contribution in [3.05, 3.63) is 46.8 Å². The minimum absolute atomic E-state index is 0.639. The number of hydrogen-bond acceptors (Lipinski definition) is 5. The van der Waals surface area contributed by atoms with Gasteiger partial charge in [-0.1, -0.05) is 6.07 Å². The highest BCUT2D eigenvalue weighted by Gasteiger charge is 2.29. The number of benzene rings is 1. The largest absolute Gasteiger partial charge is 0.324 e. The second-order valence-corrected chi connectivity index (χ2v) is 6.72. The molecule has 120 valence electrons. The van der Waals surface area contributed by atoms with Crippen LogP contribution < -0.4 is 10.6 Å². The maximum atomic E-state index is 4.75. The molecule has 2 aromatic rings. The molecule has 5 heteroatoms. The van der Waals surface area contributed by atoms with E-state index >= 15 is 0 Å². The van der Waals surface area contributed by atoms with Crippen LogP contribution in [0.5, 0.6) is 0 Å². The molecule has 2 aliphatic rings. The number of nitrogens with one attached hydrogen (secondary N) is 2. The lowest BCUT2D eigenvalue weighted by Gasteiger charge is -2.21. The summed E-state index contributed by atoms with van der Waals surface area (Å²) < 4.78 is 0. The maximum absolute atomic E-state index is 4.75. The zero-order valence-corrected chi connectivity index (χ0v) is 13.8. The molecule has 1 fully saturated rings. The average Bonchev–Trinajstić information content (AvgIpc) is 3.14. The predicted molar refractivity (Wildman–Crippen MR) is 91.8 cm³/mol. The van der Waals surface area contributed by atoms with Gasteiger partial charge in [0.2, 0.25) is 5.95 Å². The molecule has 1 aromatic carbocycles. The molecule has 1 atom stereocenters. The SMILES string of the molecule is Cc1cc(C)cc(Nc2ncc3c(n2)CN(C2CCNC2)C3)c1. The van der Waals surface area contributed by atoms with Gasteiger partial charge in [-0.15, -0.1) is 0 Å². The Morgan fingerprint density at radius 1 is 1.17 bits per heavy atom. The van der Waals surface area contributed by atoms with Crippen LogP contribution in [0.4, 0.5) is 11.6 Å². The van der Waals surface area contributed by atoms with Crippen molar-refractivity contribution in [1.82, 2.24) is 20.2 Å². The van der Waals surface area contributed by atoms with Gasteiger partial charge in [-0.25, -0.2) is 9.97 Å². The number of hydrogen-bond donors (Lipinski definition) is 2. The van der Waals surface area contributed by atoms with E-state index in [4.69, 9.17) is 4.98 Å². The molecule has 0 amide bonds. The lowest BCUT2D eigenvalue weighted by molar-refractivity contribution is 0.211. The topological polar surface area (TPSA) is 53.1 Å². The first kappa shape index (κ1) is 14.6. The summed E-state index contributed by atoms with van der Waals surface area (Å²) in [5, 5.41) is 6.79. The van der Waals surface area contributed by atoms with Crippen LogP contribution in [0.3, 0.4) is 0 Å². The fraction of sp³-hybridized carbons (Fsp3) is 0.444. The molecular formula is C18H23N5. The van der Waals surface area contributed by atoms with Gasteiger partial charge in [-0.3, -0.25) is 4.90 Å². The fourth-order valence-corrected chi connectivity index (χ4v) is 3.62. The summed E-state index contributed by atoms with van der Waals surface area (Å²) in [5.41, 5.74) is 5.97. The number of aromatic nitrogens is 2. The monoisotopic (exact) mass is 309 g/mol. The smallest absolute Gasteiger partial charge is 0.227 e. The molecule has 0 aliphatic carbocycles. The third kappa shape index (κ3) is 3.07. The van der Waals surface area contributed by atoms with Gasteiger partial charge in [0, 0.05) is 43.1 Å². The van der Waals surface area contributed by atoms with Gasteiger partial charge in [-0.05, 0) is 50.1 Å². The minimum atomic E-state index is 0.639. The highest BCUT2D eigenvalue weighted by molar-refractivity contribution is 5.56. The summed E-state index contributed by atoms with van der Waals surface area (Å²) in [6.45, 7) is 8.35. The Kier molecular flexibility index (Phi) is 3.75. The van der Waals surface area contributed by atoms with Gasteiger partial charge >= 0.3 is 0 Å². The van der Waals surface area contributed by atoms with E-state index in [1.165, 1.54) is 28.8 Å². The summed E-state index contributed by atoms with van der Waals surface area (Å²) in [6, 6.07) is 7.06. The van der Waals surface area contributed by atoms with E-state index in [9.17, 15) is 0 Å². The molecule has 2 N–H and O–H groups in total. The van der Waals surface area contributed by atoms with Crippen LogP contribution >= 0.6 is 0 Å². The highest BCUT2D eigenvalue weighted by Crippen LogP contribution is 2.26. The first-order chi connectivity index (χ1) is 11.2. The highest BCUT2D eigenvalue weighted by atomic mass is 15.2. The second-order valence-electron chi connectivity index (χ2n) is 6.72. The van der Waals surface area contributed by atoms with Crippen LogP contribution in [0.15, 0.2) is 24.4 Å². The Hall–Kier alpha value is -1.98. The van der Waals surface area contributed by atoms with E-state index in [2.05, 4.69) is 52.6 Å². The zero-order chi connectivity index (χ0) is 15.8. The minimum Gasteiger partial charge on any atom is -0.324 e. The Labute approximate surface area is 137 Å².